The Morgan fingerprint density at radius 3 is 2.61 bits per heavy atom. The number of rotatable bonds is 6. The number of aryl methyl sites for hydroxylation is 1. The van der Waals surface area contributed by atoms with Crippen LogP contribution in [0.15, 0.2) is 46.7 Å². The molecule has 0 unspecified atom stereocenters. The molecule has 0 aliphatic heterocycles. The summed E-state index contributed by atoms with van der Waals surface area (Å²) in [6, 6.07) is 10.1. The second-order valence-corrected chi connectivity index (χ2v) is 8.71. The normalized spacial score (nSPS) is 12.2. The molecule has 3 aromatic rings. The molecular formula is C17H16F3N3O3S2. The van der Waals surface area contributed by atoms with Crippen molar-refractivity contribution in [3.8, 4) is 16.3 Å². The standard InChI is InChI=1S/C17H16F3N3O3S2/c1-3-26-12-6-4-5-11(9-12)22-28(24,25)16-8-7-14(27-16)13-10-15(17(18,19)20)23(2)21-13/h4-10,22H,3H2,1-2H3. The second-order valence-electron chi connectivity index (χ2n) is 5.72. The number of hydrogen-bond donors (Lipinski definition) is 1. The zero-order valence-electron chi connectivity index (χ0n) is 14.8. The fourth-order valence-corrected chi connectivity index (χ4v) is 4.79. The first kappa shape index (κ1) is 20.2. The van der Waals surface area contributed by atoms with Crippen molar-refractivity contribution in [2.75, 3.05) is 11.3 Å². The van der Waals surface area contributed by atoms with Crippen LogP contribution in [0.2, 0.25) is 0 Å². The maximum atomic E-state index is 12.9. The summed E-state index contributed by atoms with van der Waals surface area (Å²) < 4.78 is 72.4. The average Bonchev–Trinajstić information content (AvgIpc) is 3.21. The van der Waals surface area contributed by atoms with Crippen molar-refractivity contribution in [3.63, 3.8) is 0 Å². The van der Waals surface area contributed by atoms with Crippen molar-refractivity contribution in [2.24, 2.45) is 7.05 Å². The molecule has 150 valence electrons. The number of hydrogen-bond acceptors (Lipinski definition) is 5. The monoisotopic (exact) mass is 431 g/mol. The maximum Gasteiger partial charge on any atom is 0.433 e. The Morgan fingerprint density at radius 2 is 1.96 bits per heavy atom. The molecule has 0 aliphatic rings. The molecule has 1 aromatic carbocycles. The van der Waals surface area contributed by atoms with Crippen LogP contribution in [-0.2, 0) is 23.2 Å². The summed E-state index contributed by atoms with van der Waals surface area (Å²) in [5.41, 5.74) is -0.538. The lowest BCUT2D eigenvalue weighted by molar-refractivity contribution is -0.143. The fourth-order valence-electron chi connectivity index (χ4n) is 2.48. The third-order valence-electron chi connectivity index (χ3n) is 3.67. The lowest BCUT2D eigenvalue weighted by Gasteiger charge is -2.08. The van der Waals surface area contributed by atoms with E-state index in [9.17, 15) is 21.6 Å². The summed E-state index contributed by atoms with van der Waals surface area (Å²) in [7, 11) is -2.72. The minimum atomic E-state index is -4.54. The van der Waals surface area contributed by atoms with Crippen LogP contribution in [0.1, 0.15) is 12.6 Å². The number of sulfonamides is 1. The van der Waals surface area contributed by atoms with Gasteiger partial charge in [-0.2, -0.15) is 18.3 Å². The van der Waals surface area contributed by atoms with Gasteiger partial charge in [0, 0.05) is 13.1 Å². The smallest absolute Gasteiger partial charge is 0.433 e. The molecule has 1 N–H and O–H groups in total. The summed E-state index contributed by atoms with van der Waals surface area (Å²) in [6.07, 6.45) is -4.54. The van der Waals surface area contributed by atoms with Crippen LogP contribution in [0, 0.1) is 0 Å². The highest BCUT2D eigenvalue weighted by molar-refractivity contribution is 7.94. The molecule has 28 heavy (non-hydrogen) atoms. The predicted molar refractivity (Wildman–Crippen MR) is 99.9 cm³/mol. The number of alkyl halides is 3. The van der Waals surface area contributed by atoms with Crippen molar-refractivity contribution in [2.45, 2.75) is 17.3 Å². The van der Waals surface area contributed by atoms with E-state index in [0.29, 0.717) is 22.9 Å². The van der Waals surface area contributed by atoms with Crippen LogP contribution in [0.5, 0.6) is 5.75 Å². The number of halogens is 3. The number of benzene rings is 1. The van der Waals surface area contributed by atoms with Gasteiger partial charge < -0.3 is 4.74 Å². The topological polar surface area (TPSA) is 73.2 Å². The molecule has 0 bridgehead atoms. The fraction of sp³-hybridized carbons (Fsp3) is 0.235. The zero-order chi connectivity index (χ0) is 20.5. The molecule has 2 heterocycles. The summed E-state index contributed by atoms with van der Waals surface area (Å²) in [5, 5.41) is 3.83. The molecular weight excluding hydrogens is 415 g/mol. The van der Waals surface area contributed by atoms with Gasteiger partial charge >= 0.3 is 6.18 Å². The molecule has 11 heteroatoms. The van der Waals surface area contributed by atoms with Gasteiger partial charge in [0.1, 0.15) is 21.3 Å². The van der Waals surface area contributed by atoms with E-state index >= 15 is 0 Å². The minimum Gasteiger partial charge on any atom is -0.494 e. The number of nitrogens with one attached hydrogen (secondary N) is 1. The van der Waals surface area contributed by atoms with Crippen LogP contribution in [0.4, 0.5) is 18.9 Å². The number of anilines is 1. The van der Waals surface area contributed by atoms with Gasteiger partial charge in [0.05, 0.1) is 17.2 Å². The van der Waals surface area contributed by atoms with Gasteiger partial charge in [-0.1, -0.05) is 6.07 Å². The summed E-state index contributed by atoms with van der Waals surface area (Å²) >= 11 is 0.834. The molecule has 0 saturated carbocycles. The number of ether oxygens (including phenoxy) is 1. The van der Waals surface area contributed by atoms with Crippen LogP contribution in [-0.4, -0.2) is 24.8 Å². The van der Waals surface area contributed by atoms with Crippen LogP contribution < -0.4 is 9.46 Å². The van der Waals surface area contributed by atoms with Crippen molar-refractivity contribution in [1.29, 1.82) is 0 Å². The van der Waals surface area contributed by atoms with E-state index in [-0.39, 0.29) is 9.90 Å². The van der Waals surface area contributed by atoms with Crippen LogP contribution >= 0.6 is 11.3 Å². The maximum absolute atomic E-state index is 12.9. The van der Waals surface area contributed by atoms with E-state index in [4.69, 9.17) is 4.74 Å². The minimum absolute atomic E-state index is 0.0384. The number of aromatic nitrogens is 2. The highest BCUT2D eigenvalue weighted by atomic mass is 32.2. The predicted octanol–water partition coefficient (Wildman–Crippen LogP) is 4.37. The highest BCUT2D eigenvalue weighted by Crippen LogP contribution is 2.35. The van der Waals surface area contributed by atoms with Crippen molar-refractivity contribution in [3.05, 3.63) is 48.2 Å². The summed E-state index contributed by atoms with van der Waals surface area (Å²) in [4.78, 5) is 0.314. The molecule has 0 fully saturated rings. The first-order valence-electron chi connectivity index (χ1n) is 8.07. The van der Waals surface area contributed by atoms with Gasteiger partial charge in [-0.3, -0.25) is 9.40 Å². The Balaban J connectivity index is 1.86. The Labute approximate surface area is 163 Å². The Bertz CT molecular complexity index is 1090. The number of nitrogens with zero attached hydrogens (tertiary/aromatic N) is 2. The van der Waals surface area contributed by atoms with Gasteiger partial charge in [0.2, 0.25) is 0 Å². The Hall–Kier alpha value is -2.53. The molecule has 0 aliphatic carbocycles. The van der Waals surface area contributed by atoms with E-state index in [2.05, 4.69) is 9.82 Å². The third kappa shape index (κ3) is 4.30. The zero-order valence-corrected chi connectivity index (χ0v) is 16.5. The van der Waals surface area contributed by atoms with Crippen LogP contribution in [0.25, 0.3) is 10.6 Å². The number of thiophene rings is 1. The van der Waals surface area contributed by atoms with E-state index in [1.807, 2.05) is 6.92 Å². The molecule has 2 aromatic heterocycles. The van der Waals surface area contributed by atoms with Gasteiger partial charge in [0.15, 0.2) is 0 Å². The molecule has 0 radical (unpaired) electrons. The molecule has 0 saturated heterocycles. The largest absolute Gasteiger partial charge is 0.494 e. The first-order valence-corrected chi connectivity index (χ1v) is 10.4. The van der Waals surface area contributed by atoms with Gasteiger partial charge in [-0.25, -0.2) is 8.42 Å². The second kappa shape index (κ2) is 7.47. The van der Waals surface area contributed by atoms with E-state index in [1.54, 1.807) is 24.3 Å². The lowest BCUT2D eigenvalue weighted by Crippen LogP contribution is -2.11. The molecule has 3 rings (SSSR count). The molecule has 0 atom stereocenters. The van der Waals surface area contributed by atoms with Gasteiger partial charge in [0.25, 0.3) is 10.0 Å². The van der Waals surface area contributed by atoms with E-state index in [1.165, 1.54) is 19.2 Å². The Morgan fingerprint density at radius 1 is 1.21 bits per heavy atom. The summed E-state index contributed by atoms with van der Waals surface area (Å²) in [6.45, 7) is 2.25. The molecule has 6 nitrogen and oxygen atoms in total. The highest BCUT2D eigenvalue weighted by Gasteiger charge is 2.35. The van der Waals surface area contributed by atoms with E-state index < -0.39 is 21.9 Å². The first-order chi connectivity index (χ1) is 13.1. The van der Waals surface area contributed by atoms with Gasteiger partial charge in [-0.05, 0) is 37.3 Å². The van der Waals surface area contributed by atoms with Crippen molar-refractivity contribution in [1.82, 2.24) is 9.78 Å². The lowest BCUT2D eigenvalue weighted by atomic mass is 10.3. The van der Waals surface area contributed by atoms with Crippen molar-refractivity contribution >= 4 is 27.0 Å². The quantitative estimate of drug-likeness (QED) is 0.629. The molecule has 0 amide bonds. The van der Waals surface area contributed by atoms with Crippen LogP contribution in [0.3, 0.4) is 0 Å². The molecule has 0 spiro atoms. The Kier molecular flexibility index (Phi) is 5.39. The SMILES string of the molecule is CCOc1cccc(NS(=O)(=O)c2ccc(-c3cc(C(F)(F)F)n(C)n3)s2)c1. The van der Waals surface area contributed by atoms with Crippen molar-refractivity contribution < 1.29 is 26.3 Å². The third-order valence-corrected chi connectivity index (χ3v) is 6.65. The van der Waals surface area contributed by atoms with E-state index in [0.717, 1.165) is 22.1 Å². The van der Waals surface area contributed by atoms with Gasteiger partial charge in [-0.15, -0.1) is 11.3 Å². The average molecular weight is 431 g/mol. The summed E-state index contributed by atoms with van der Waals surface area (Å²) in [5.74, 6) is 0.516.